The van der Waals surface area contributed by atoms with Crippen molar-refractivity contribution in [2.24, 2.45) is 7.05 Å². The van der Waals surface area contributed by atoms with Crippen LogP contribution in [0, 0.1) is 0 Å². The lowest BCUT2D eigenvalue weighted by atomic mass is 10.0. The highest BCUT2D eigenvalue weighted by Crippen LogP contribution is 2.21. The second kappa shape index (κ2) is 8.55. The summed E-state index contributed by atoms with van der Waals surface area (Å²) in [6.45, 7) is 4.17. The van der Waals surface area contributed by atoms with Crippen LogP contribution in [-0.2, 0) is 29.9 Å². The zero-order valence-corrected chi connectivity index (χ0v) is 18.9. The largest absolute Gasteiger partial charge is 0.331 e. The molecule has 0 amide bonds. The maximum Gasteiger partial charge on any atom is 0.261 e. The number of hydrogen-bond donors (Lipinski definition) is 1. The fraction of sp³-hybridized carbons (Fsp3) is 0.240. The zero-order valence-electron chi connectivity index (χ0n) is 18.0. The van der Waals surface area contributed by atoms with E-state index in [2.05, 4.69) is 29.2 Å². The average Bonchev–Trinajstić information content (AvgIpc) is 3.08. The fourth-order valence-corrected chi connectivity index (χ4v) is 4.76. The summed E-state index contributed by atoms with van der Waals surface area (Å²) in [5, 5.41) is 0. The molecule has 0 saturated carbocycles. The monoisotopic (exact) mass is 433 g/mol. The molecule has 0 bridgehead atoms. The van der Waals surface area contributed by atoms with Gasteiger partial charge in [-0.05, 0) is 59.9 Å². The summed E-state index contributed by atoms with van der Waals surface area (Å²) in [6.07, 6.45) is 1.55. The minimum Gasteiger partial charge on any atom is -0.331 e. The molecule has 4 rings (SSSR count). The van der Waals surface area contributed by atoms with E-state index in [1.54, 1.807) is 18.2 Å². The number of para-hydroxylation sites is 2. The molecule has 0 aliphatic heterocycles. The number of anilines is 1. The maximum atomic E-state index is 12.8. The van der Waals surface area contributed by atoms with E-state index in [0.717, 1.165) is 40.8 Å². The van der Waals surface area contributed by atoms with Crippen LogP contribution in [0.15, 0.2) is 77.7 Å². The van der Waals surface area contributed by atoms with Crippen LogP contribution in [0.4, 0.5) is 5.69 Å². The van der Waals surface area contributed by atoms with Crippen molar-refractivity contribution in [3.8, 4) is 0 Å². The van der Waals surface area contributed by atoms with Crippen LogP contribution in [0.2, 0.25) is 0 Å². The van der Waals surface area contributed by atoms with Crippen molar-refractivity contribution in [3.05, 3.63) is 89.7 Å². The first kappa shape index (κ1) is 21.1. The summed E-state index contributed by atoms with van der Waals surface area (Å²) >= 11 is 0. The highest BCUT2D eigenvalue weighted by Gasteiger charge is 2.15. The van der Waals surface area contributed by atoms with Crippen LogP contribution < -0.4 is 4.72 Å². The van der Waals surface area contributed by atoms with Crippen LogP contribution in [0.5, 0.6) is 0 Å². The van der Waals surface area contributed by atoms with Crippen LogP contribution in [-0.4, -0.2) is 18.0 Å². The van der Waals surface area contributed by atoms with E-state index >= 15 is 0 Å². The van der Waals surface area contributed by atoms with Crippen molar-refractivity contribution in [2.75, 3.05) is 4.72 Å². The van der Waals surface area contributed by atoms with Crippen molar-refractivity contribution in [3.63, 3.8) is 0 Å². The molecule has 0 saturated heterocycles. The van der Waals surface area contributed by atoms with E-state index in [-0.39, 0.29) is 4.90 Å². The Bertz CT molecular complexity index is 1310. The van der Waals surface area contributed by atoms with Gasteiger partial charge in [-0.25, -0.2) is 13.4 Å². The summed E-state index contributed by atoms with van der Waals surface area (Å²) in [6, 6.07) is 22.7. The molecule has 0 atom stereocenters. The molecule has 4 aromatic rings. The molecule has 6 heteroatoms. The summed E-state index contributed by atoms with van der Waals surface area (Å²) in [5.74, 6) is 1.37. The van der Waals surface area contributed by atoms with E-state index in [9.17, 15) is 8.42 Å². The normalized spacial score (nSPS) is 11.9. The van der Waals surface area contributed by atoms with Gasteiger partial charge in [0.2, 0.25) is 0 Å². The number of nitrogens with zero attached hydrogens (tertiary/aromatic N) is 2. The van der Waals surface area contributed by atoms with Gasteiger partial charge in [0.05, 0.1) is 15.9 Å². The van der Waals surface area contributed by atoms with Gasteiger partial charge in [0.15, 0.2) is 0 Å². The third-order valence-corrected chi connectivity index (χ3v) is 6.95. The number of nitrogens with one attached hydrogen (secondary N) is 1. The van der Waals surface area contributed by atoms with Gasteiger partial charge in [0, 0.05) is 19.2 Å². The number of benzene rings is 3. The predicted octanol–water partition coefficient (Wildman–Crippen LogP) is 5.28. The first-order chi connectivity index (χ1) is 14.8. The molecule has 3 aromatic carbocycles. The number of rotatable bonds is 7. The van der Waals surface area contributed by atoms with Crippen LogP contribution >= 0.6 is 0 Å². The molecule has 0 radical (unpaired) electrons. The second-order valence-electron chi connectivity index (χ2n) is 8.11. The summed E-state index contributed by atoms with van der Waals surface area (Å²) in [4.78, 5) is 4.99. The van der Waals surface area contributed by atoms with Crippen molar-refractivity contribution < 1.29 is 8.42 Å². The van der Waals surface area contributed by atoms with Crippen molar-refractivity contribution >= 4 is 26.7 Å². The average molecular weight is 434 g/mol. The molecule has 0 spiro atoms. The van der Waals surface area contributed by atoms with Crippen LogP contribution in [0.25, 0.3) is 11.0 Å². The number of hydrogen-bond acceptors (Lipinski definition) is 3. The highest BCUT2D eigenvalue weighted by molar-refractivity contribution is 7.92. The standard InChI is InChI=1S/C25H27N3O2S/c1-18(2)20-12-14-22(15-13-20)31(29,30)27-21-8-6-7-19(17-21)11-16-25-26-23-9-4-5-10-24(23)28(25)3/h4-10,12-15,17-18,27H,11,16H2,1-3H3. The number of aromatic nitrogens is 2. The quantitative estimate of drug-likeness (QED) is 0.431. The Hall–Kier alpha value is -3.12. The molecule has 160 valence electrons. The van der Waals surface area contributed by atoms with E-state index in [0.29, 0.717) is 11.6 Å². The SMILES string of the molecule is CC(C)c1ccc(S(=O)(=O)Nc2cccc(CCc3nc4ccccc4n3C)c2)cc1. The summed E-state index contributed by atoms with van der Waals surface area (Å²) in [7, 11) is -1.60. The fourth-order valence-electron chi connectivity index (χ4n) is 3.71. The smallest absolute Gasteiger partial charge is 0.261 e. The Morgan fingerprint density at radius 1 is 0.935 bits per heavy atom. The Balaban J connectivity index is 1.48. The lowest BCUT2D eigenvalue weighted by molar-refractivity contribution is 0.601. The Labute approximate surface area is 183 Å². The van der Waals surface area contributed by atoms with E-state index < -0.39 is 10.0 Å². The van der Waals surface area contributed by atoms with Gasteiger partial charge < -0.3 is 4.57 Å². The van der Waals surface area contributed by atoms with Gasteiger partial charge >= 0.3 is 0 Å². The van der Waals surface area contributed by atoms with Crippen molar-refractivity contribution in [2.45, 2.75) is 37.5 Å². The summed E-state index contributed by atoms with van der Waals surface area (Å²) in [5.41, 5.74) is 4.84. The third-order valence-electron chi connectivity index (χ3n) is 5.55. The van der Waals surface area contributed by atoms with Crippen molar-refractivity contribution in [1.82, 2.24) is 9.55 Å². The molecular weight excluding hydrogens is 406 g/mol. The van der Waals surface area contributed by atoms with Gasteiger partial charge in [-0.2, -0.15) is 0 Å². The Morgan fingerprint density at radius 2 is 1.68 bits per heavy atom. The minimum absolute atomic E-state index is 0.266. The number of sulfonamides is 1. The van der Waals surface area contributed by atoms with Gasteiger partial charge in [-0.1, -0.05) is 50.2 Å². The topological polar surface area (TPSA) is 64.0 Å². The van der Waals surface area contributed by atoms with Crippen molar-refractivity contribution in [1.29, 1.82) is 0 Å². The molecule has 1 aromatic heterocycles. The first-order valence-corrected chi connectivity index (χ1v) is 11.9. The van der Waals surface area contributed by atoms with E-state index in [1.165, 1.54) is 0 Å². The van der Waals surface area contributed by atoms with Gasteiger partial charge in [-0.3, -0.25) is 4.72 Å². The molecule has 1 N–H and O–H groups in total. The number of aryl methyl sites for hydroxylation is 3. The van der Waals surface area contributed by atoms with E-state index in [4.69, 9.17) is 4.98 Å². The lowest BCUT2D eigenvalue weighted by Crippen LogP contribution is -2.13. The summed E-state index contributed by atoms with van der Waals surface area (Å²) < 4.78 is 30.4. The minimum atomic E-state index is -3.63. The molecule has 0 aliphatic carbocycles. The molecule has 1 heterocycles. The predicted molar refractivity (Wildman–Crippen MR) is 126 cm³/mol. The van der Waals surface area contributed by atoms with Gasteiger partial charge in [-0.15, -0.1) is 0 Å². The molecule has 0 aliphatic rings. The second-order valence-corrected chi connectivity index (χ2v) is 9.79. The zero-order chi connectivity index (χ0) is 22.0. The molecule has 0 fully saturated rings. The Kier molecular flexibility index (Phi) is 5.83. The Morgan fingerprint density at radius 3 is 2.39 bits per heavy atom. The molecular formula is C25H27N3O2S. The molecule has 5 nitrogen and oxygen atoms in total. The highest BCUT2D eigenvalue weighted by atomic mass is 32.2. The third kappa shape index (κ3) is 4.64. The van der Waals surface area contributed by atoms with Gasteiger partial charge in [0.1, 0.15) is 5.82 Å². The number of imidazole rings is 1. The van der Waals surface area contributed by atoms with Crippen LogP contribution in [0.1, 0.15) is 36.7 Å². The lowest BCUT2D eigenvalue weighted by Gasteiger charge is -2.11. The van der Waals surface area contributed by atoms with Gasteiger partial charge in [0.25, 0.3) is 10.0 Å². The number of fused-ring (bicyclic) bond motifs is 1. The molecule has 0 unspecified atom stereocenters. The van der Waals surface area contributed by atoms with Crippen LogP contribution in [0.3, 0.4) is 0 Å². The van der Waals surface area contributed by atoms with E-state index in [1.807, 2.05) is 55.6 Å². The molecule has 31 heavy (non-hydrogen) atoms. The maximum absolute atomic E-state index is 12.8. The first-order valence-electron chi connectivity index (χ1n) is 10.5.